The van der Waals surface area contributed by atoms with Crippen molar-refractivity contribution in [1.29, 1.82) is 0 Å². The van der Waals surface area contributed by atoms with Gasteiger partial charge in [-0.25, -0.2) is 8.42 Å². The van der Waals surface area contributed by atoms with Crippen molar-refractivity contribution >= 4 is 38.9 Å². The van der Waals surface area contributed by atoms with Crippen LogP contribution in [0.25, 0.3) is 0 Å². The summed E-state index contributed by atoms with van der Waals surface area (Å²) in [6.45, 7) is 9.09. The van der Waals surface area contributed by atoms with Crippen LogP contribution in [-0.2, 0) is 14.8 Å². The van der Waals surface area contributed by atoms with Gasteiger partial charge in [-0.05, 0) is 75.1 Å². The normalized spacial score (nSPS) is 14.8. The van der Waals surface area contributed by atoms with E-state index >= 15 is 0 Å². The van der Waals surface area contributed by atoms with Gasteiger partial charge in [-0.2, -0.15) is 0 Å². The maximum Gasteiger partial charge on any atom is 0.261 e. The van der Waals surface area contributed by atoms with Crippen molar-refractivity contribution in [2.75, 3.05) is 28.0 Å². The van der Waals surface area contributed by atoms with E-state index in [4.69, 9.17) is 0 Å². The van der Waals surface area contributed by atoms with E-state index in [2.05, 4.69) is 27.2 Å². The third-order valence-electron chi connectivity index (χ3n) is 5.52. The second-order valence-electron chi connectivity index (χ2n) is 8.84. The highest BCUT2D eigenvalue weighted by molar-refractivity contribution is 7.92. The zero-order chi connectivity index (χ0) is 24.2. The Bertz CT molecular complexity index is 1110. The molecule has 33 heavy (non-hydrogen) atoms. The highest BCUT2D eigenvalue weighted by atomic mass is 32.2. The lowest BCUT2D eigenvalue weighted by Gasteiger charge is -2.33. The topological polar surface area (TPSA) is 108 Å². The van der Waals surface area contributed by atoms with Crippen molar-refractivity contribution in [3.63, 3.8) is 0 Å². The number of amides is 2. The summed E-state index contributed by atoms with van der Waals surface area (Å²) in [4.78, 5) is 26.4. The third kappa shape index (κ3) is 6.47. The average Bonchev–Trinajstić information content (AvgIpc) is 2.73. The first-order valence-electron chi connectivity index (χ1n) is 11.2. The predicted octanol–water partition coefficient (Wildman–Crippen LogP) is 3.82. The molecule has 1 aliphatic heterocycles. The molecule has 8 nitrogen and oxygen atoms in total. The number of hydrogen-bond acceptors (Lipinski definition) is 5. The van der Waals surface area contributed by atoms with E-state index < -0.39 is 10.0 Å². The largest absolute Gasteiger partial charge is 0.371 e. The van der Waals surface area contributed by atoms with E-state index in [1.807, 2.05) is 19.9 Å². The van der Waals surface area contributed by atoms with Crippen molar-refractivity contribution < 1.29 is 18.0 Å². The lowest BCUT2D eigenvalue weighted by Crippen LogP contribution is -2.36. The quantitative estimate of drug-likeness (QED) is 0.568. The maximum absolute atomic E-state index is 12.9. The van der Waals surface area contributed by atoms with Gasteiger partial charge < -0.3 is 15.5 Å². The molecule has 1 aliphatic rings. The number of nitrogens with zero attached hydrogens (tertiary/aromatic N) is 1. The Morgan fingerprint density at radius 1 is 1.00 bits per heavy atom. The Morgan fingerprint density at radius 3 is 2.18 bits per heavy atom. The van der Waals surface area contributed by atoms with Crippen LogP contribution in [0.3, 0.4) is 0 Å². The molecular weight excluding hydrogens is 440 g/mol. The first-order chi connectivity index (χ1) is 15.5. The minimum Gasteiger partial charge on any atom is -0.371 e. The molecule has 3 rings (SSSR count). The van der Waals surface area contributed by atoms with Gasteiger partial charge in [0, 0.05) is 43.1 Å². The van der Waals surface area contributed by atoms with Crippen LogP contribution in [0.1, 0.15) is 50.9 Å². The second kappa shape index (κ2) is 10.2. The number of piperidine rings is 1. The van der Waals surface area contributed by atoms with E-state index in [0.29, 0.717) is 22.9 Å². The van der Waals surface area contributed by atoms with Crippen LogP contribution in [0.15, 0.2) is 47.4 Å². The fourth-order valence-electron chi connectivity index (χ4n) is 3.78. The monoisotopic (exact) mass is 472 g/mol. The number of benzene rings is 2. The fourth-order valence-corrected chi connectivity index (χ4v) is 4.83. The molecule has 1 saturated heterocycles. The first kappa shape index (κ1) is 24.6. The SMILES string of the molecule is CC(=O)Nc1ccc(S(=O)(=O)Nc2ccc(N3CCC(C)CC3)c(C(=O)NC(C)C)c2)cc1. The smallest absolute Gasteiger partial charge is 0.261 e. The number of sulfonamides is 1. The average molecular weight is 473 g/mol. The molecule has 0 aromatic heterocycles. The van der Waals surface area contributed by atoms with Crippen molar-refractivity contribution in [3.8, 4) is 0 Å². The van der Waals surface area contributed by atoms with Gasteiger partial charge in [0.25, 0.3) is 15.9 Å². The summed E-state index contributed by atoms with van der Waals surface area (Å²) >= 11 is 0. The van der Waals surface area contributed by atoms with Crippen molar-refractivity contribution in [2.45, 2.75) is 51.5 Å². The lowest BCUT2D eigenvalue weighted by atomic mass is 9.98. The molecule has 0 unspecified atom stereocenters. The van der Waals surface area contributed by atoms with Gasteiger partial charge in [0.1, 0.15) is 0 Å². The molecule has 0 spiro atoms. The summed E-state index contributed by atoms with van der Waals surface area (Å²) in [5.74, 6) is 0.177. The van der Waals surface area contributed by atoms with E-state index in [0.717, 1.165) is 31.6 Å². The van der Waals surface area contributed by atoms with Gasteiger partial charge in [-0.1, -0.05) is 6.92 Å². The number of carbonyl (C=O) groups excluding carboxylic acids is 2. The summed E-state index contributed by atoms with van der Waals surface area (Å²) in [5.41, 5.74) is 2.07. The molecule has 1 fully saturated rings. The first-order valence-corrected chi connectivity index (χ1v) is 12.6. The lowest BCUT2D eigenvalue weighted by molar-refractivity contribution is -0.114. The molecule has 3 N–H and O–H groups in total. The van der Waals surface area contributed by atoms with Crippen LogP contribution in [0.5, 0.6) is 0 Å². The van der Waals surface area contributed by atoms with E-state index in [1.165, 1.54) is 31.2 Å². The molecule has 9 heteroatoms. The molecule has 1 heterocycles. The minimum atomic E-state index is -3.88. The summed E-state index contributed by atoms with van der Waals surface area (Å²) in [6.07, 6.45) is 2.10. The molecular formula is C24H32N4O4S. The molecule has 0 saturated carbocycles. The molecule has 178 valence electrons. The van der Waals surface area contributed by atoms with Gasteiger partial charge in [-0.3, -0.25) is 14.3 Å². The van der Waals surface area contributed by atoms with Gasteiger partial charge >= 0.3 is 0 Å². The zero-order valence-electron chi connectivity index (χ0n) is 19.5. The third-order valence-corrected chi connectivity index (χ3v) is 6.92. The van der Waals surface area contributed by atoms with E-state index in [9.17, 15) is 18.0 Å². The molecule has 0 radical (unpaired) electrons. The number of anilines is 3. The van der Waals surface area contributed by atoms with Gasteiger partial charge in [0.05, 0.1) is 10.5 Å². The standard InChI is InChI=1S/C24H32N4O4S/c1-16(2)25-24(30)22-15-20(7-10-23(22)28-13-11-17(3)12-14-28)27-33(31,32)21-8-5-19(6-9-21)26-18(4)29/h5-10,15-17,27H,11-14H2,1-4H3,(H,25,30)(H,26,29). The van der Waals surface area contributed by atoms with Gasteiger partial charge in [0.2, 0.25) is 5.91 Å². The van der Waals surface area contributed by atoms with Crippen molar-refractivity contribution in [1.82, 2.24) is 5.32 Å². The zero-order valence-corrected chi connectivity index (χ0v) is 20.3. The Kier molecular flexibility index (Phi) is 7.63. The Balaban J connectivity index is 1.88. The van der Waals surface area contributed by atoms with Crippen molar-refractivity contribution in [2.24, 2.45) is 5.92 Å². The molecule has 0 aliphatic carbocycles. The van der Waals surface area contributed by atoms with Crippen LogP contribution in [0.2, 0.25) is 0 Å². The van der Waals surface area contributed by atoms with E-state index in [-0.39, 0.29) is 22.8 Å². The highest BCUT2D eigenvalue weighted by Crippen LogP contribution is 2.30. The highest BCUT2D eigenvalue weighted by Gasteiger charge is 2.23. The summed E-state index contributed by atoms with van der Waals surface area (Å²) in [5, 5.41) is 5.52. The van der Waals surface area contributed by atoms with Crippen LogP contribution >= 0.6 is 0 Å². The van der Waals surface area contributed by atoms with Crippen LogP contribution < -0.4 is 20.3 Å². The molecule has 0 atom stereocenters. The number of rotatable bonds is 7. The van der Waals surface area contributed by atoms with Crippen molar-refractivity contribution in [3.05, 3.63) is 48.0 Å². The number of nitrogens with one attached hydrogen (secondary N) is 3. The van der Waals surface area contributed by atoms with Gasteiger partial charge in [-0.15, -0.1) is 0 Å². The second-order valence-corrected chi connectivity index (χ2v) is 10.5. The summed E-state index contributed by atoms with van der Waals surface area (Å²) in [6, 6.07) is 10.9. The molecule has 2 aromatic carbocycles. The molecule has 0 bridgehead atoms. The summed E-state index contributed by atoms with van der Waals surface area (Å²) < 4.78 is 28.4. The Labute approximate surface area is 195 Å². The Hall–Kier alpha value is -3.07. The Morgan fingerprint density at radius 2 is 1.61 bits per heavy atom. The maximum atomic E-state index is 12.9. The number of carbonyl (C=O) groups is 2. The van der Waals surface area contributed by atoms with Crippen LogP contribution in [-0.4, -0.2) is 39.4 Å². The molecule has 2 amide bonds. The number of hydrogen-bond donors (Lipinski definition) is 3. The van der Waals surface area contributed by atoms with Gasteiger partial charge in [0.15, 0.2) is 0 Å². The predicted molar refractivity (Wildman–Crippen MR) is 131 cm³/mol. The summed E-state index contributed by atoms with van der Waals surface area (Å²) in [7, 11) is -3.88. The van der Waals surface area contributed by atoms with Crippen LogP contribution in [0, 0.1) is 5.92 Å². The fraction of sp³-hybridized carbons (Fsp3) is 0.417. The minimum absolute atomic E-state index is 0.0470. The van der Waals surface area contributed by atoms with Crippen LogP contribution in [0.4, 0.5) is 17.1 Å². The van der Waals surface area contributed by atoms with E-state index in [1.54, 1.807) is 12.1 Å². The molecule has 2 aromatic rings.